The van der Waals surface area contributed by atoms with E-state index in [2.05, 4.69) is 10.6 Å². The van der Waals surface area contributed by atoms with Gasteiger partial charge in [0.25, 0.3) is 0 Å². The number of anilines is 1. The summed E-state index contributed by atoms with van der Waals surface area (Å²) in [7, 11) is 0. The Labute approximate surface area is 114 Å². The van der Waals surface area contributed by atoms with Gasteiger partial charge in [-0.3, -0.25) is 0 Å². The summed E-state index contributed by atoms with van der Waals surface area (Å²) >= 11 is 5.57. The van der Waals surface area contributed by atoms with Crippen molar-refractivity contribution < 1.29 is 19.1 Å². The summed E-state index contributed by atoms with van der Waals surface area (Å²) in [6.07, 6.45) is 0.901. The molecule has 104 valence electrons. The van der Waals surface area contributed by atoms with E-state index in [-0.39, 0.29) is 10.7 Å². The van der Waals surface area contributed by atoms with Crippen molar-refractivity contribution in [1.29, 1.82) is 0 Å². The van der Waals surface area contributed by atoms with Crippen LogP contribution in [0.25, 0.3) is 0 Å². The lowest BCUT2D eigenvalue weighted by molar-refractivity contribution is -0.139. The number of urea groups is 1. The van der Waals surface area contributed by atoms with Crippen molar-refractivity contribution in [1.82, 2.24) is 5.32 Å². The number of nitrogens with one attached hydrogen (secondary N) is 2. The number of carbonyl (C=O) groups excluding carboxylic acids is 1. The smallest absolute Gasteiger partial charge is 0.326 e. The summed E-state index contributed by atoms with van der Waals surface area (Å²) in [5.74, 6) is -1.82. The first-order valence-electron chi connectivity index (χ1n) is 5.69. The van der Waals surface area contributed by atoms with Gasteiger partial charge in [0.1, 0.15) is 11.9 Å². The highest BCUT2D eigenvalue weighted by Gasteiger charge is 2.19. The number of halogens is 2. The highest BCUT2D eigenvalue weighted by atomic mass is 35.5. The lowest BCUT2D eigenvalue weighted by atomic mass is 10.2. The Morgan fingerprint density at radius 1 is 1.47 bits per heavy atom. The Hall–Kier alpha value is -1.82. The SMILES string of the molecule is CCCC(NC(=O)Nc1ccc(Cl)cc1F)C(=O)O. The van der Waals surface area contributed by atoms with Crippen molar-refractivity contribution in [3.63, 3.8) is 0 Å². The summed E-state index contributed by atoms with van der Waals surface area (Å²) in [4.78, 5) is 22.4. The van der Waals surface area contributed by atoms with Crippen LogP contribution in [0, 0.1) is 5.82 Å². The van der Waals surface area contributed by atoms with Gasteiger partial charge in [0.2, 0.25) is 0 Å². The summed E-state index contributed by atoms with van der Waals surface area (Å²) in [5, 5.41) is 13.6. The van der Waals surface area contributed by atoms with E-state index in [4.69, 9.17) is 16.7 Å². The fourth-order valence-corrected chi connectivity index (χ4v) is 1.61. The Kier molecular flexibility index (Phi) is 5.57. The number of carboxylic acids is 1. The molecule has 0 saturated carbocycles. The van der Waals surface area contributed by atoms with Crippen molar-refractivity contribution in [2.75, 3.05) is 5.32 Å². The molecule has 0 saturated heterocycles. The van der Waals surface area contributed by atoms with Crippen LogP contribution in [0.3, 0.4) is 0 Å². The largest absolute Gasteiger partial charge is 0.480 e. The Bertz CT molecular complexity index is 482. The zero-order valence-corrected chi connectivity index (χ0v) is 11.0. The molecule has 7 heteroatoms. The molecule has 0 aliphatic carbocycles. The predicted molar refractivity (Wildman–Crippen MR) is 69.9 cm³/mol. The fourth-order valence-electron chi connectivity index (χ4n) is 1.45. The van der Waals surface area contributed by atoms with E-state index in [9.17, 15) is 14.0 Å². The van der Waals surface area contributed by atoms with E-state index >= 15 is 0 Å². The first kappa shape index (κ1) is 15.2. The van der Waals surface area contributed by atoms with Gasteiger partial charge in [0.05, 0.1) is 5.69 Å². The normalized spacial score (nSPS) is 11.7. The second-order valence-electron chi connectivity index (χ2n) is 3.90. The van der Waals surface area contributed by atoms with Gasteiger partial charge in [-0.15, -0.1) is 0 Å². The lowest BCUT2D eigenvalue weighted by Gasteiger charge is -2.14. The van der Waals surface area contributed by atoms with Crippen molar-refractivity contribution >= 4 is 29.3 Å². The van der Waals surface area contributed by atoms with Gasteiger partial charge in [0, 0.05) is 5.02 Å². The molecule has 5 nitrogen and oxygen atoms in total. The number of carbonyl (C=O) groups is 2. The Morgan fingerprint density at radius 2 is 2.16 bits per heavy atom. The average molecular weight is 289 g/mol. The first-order valence-corrected chi connectivity index (χ1v) is 6.07. The zero-order chi connectivity index (χ0) is 14.4. The molecule has 0 fully saturated rings. The standard InChI is InChI=1S/C12H14ClFN2O3/c1-2-3-10(11(17)18)16-12(19)15-9-5-4-7(13)6-8(9)14/h4-6,10H,2-3H2,1H3,(H,17,18)(H2,15,16,19). The molecular weight excluding hydrogens is 275 g/mol. The second-order valence-corrected chi connectivity index (χ2v) is 4.34. The van der Waals surface area contributed by atoms with Crippen LogP contribution in [0.4, 0.5) is 14.9 Å². The van der Waals surface area contributed by atoms with Crippen LogP contribution in [0.15, 0.2) is 18.2 Å². The van der Waals surface area contributed by atoms with Crippen molar-refractivity contribution in [2.24, 2.45) is 0 Å². The molecular formula is C12H14ClFN2O3. The maximum atomic E-state index is 13.4. The third kappa shape index (κ3) is 4.75. The van der Waals surface area contributed by atoms with Gasteiger partial charge >= 0.3 is 12.0 Å². The number of aliphatic carboxylic acids is 1. The third-order valence-electron chi connectivity index (χ3n) is 2.36. The molecule has 1 rings (SSSR count). The topological polar surface area (TPSA) is 78.4 Å². The third-order valence-corrected chi connectivity index (χ3v) is 2.60. The minimum Gasteiger partial charge on any atom is -0.480 e. The van der Waals surface area contributed by atoms with Crippen LogP contribution in [0.5, 0.6) is 0 Å². The number of benzene rings is 1. The second kappa shape index (κ2) is 6.94. The molecule has 0 radical (unpaired) electrons. The van der Waals surface area contributed by atoms with Crippen molar-refractivity contribution in [3.05, 3.63) is 29.0 Å². The van der Waals surface area contributed by atoms with Gasteiger partial charge < -0.3 is 15.7 Å². The van der Waals surface area contributed by atoms with Crippen molar-refractivity contribution in [2.45, 2.75) is 25.8 Å². The molecule has 3 N–H and O–H groups in total. The van der Waals surface area contributed by atoms with Crippen LogP contribution in [-0.4, -0.2) is 23.1 Å². The zero-order valence-electron chi connectivity index (χ0n) is 10.2. The monoisotopic (exact) mass is 288 g/mol. The number of rotatable bonds is 5. The molecule has 1 aromatic rings. The quantitative estimate of drug-likeness (QED) is 0.779. The van der Waals surface area contributed by atoms with Gasteiger partial charge in [-0.2, -0.15) is 0 Å². The predicted octanol–water partition coefficient (Wildman–Crippen LogP) is 2.85. The summed E-state index contributed by atoms with van der Waals surface area (Å²) in [6.45, 7) is 1.80. The van der Waals surface area contributed by atoms with Crippen LogP contribution in [-0.2, 0) is 4.79 Å². The van der Waals surface area contributed by atoms with Crippen molar-refractivity contribution in [3.8, 4) is 0 Å². The Balaban J connectivity index is 2.66. The molecule has 0 spiro atoms. The molecule has 1 atom stereocenters. The van der Waals surface area contributed by atoms with Crippen LogP contribution >= 0.6 is 11.6 Å². The van der Waals surface area contributed by atoms with E-state index in [1.54, 1.807) is 6.92 Å². The molecule has 0 bridgehead atoms. The van der Waals surface area contributed by atoms with E-state index in [1.165, 1.54) is 12.1 Å². The minimum atomic E-state index is -1.13. The van der Waals surface area contributed by atoms with Crippen LogP contribution in [0.2, 0.25) is 5.02 Å². The number of amides is 2. The fraction of sp³-hybridized carbons (Fsp3) is 0.333. The molecule has 0 heterocycles. The number of hydrogen-bond donors (Lipinski definition) is 3. The molecule has 19 heavy (non-hydrogen) atoms. The summed E-state index contributed by atoms with van der Waals surface area (Å²) in [5.41, 5.74) is -0.0671. The maximum absolute atomic E-state index is 13.4. The molecule has 0 aliphatic rings. The minimum absolute atomic E-state index is 0.0671. The van der Waals surface area contributed by atoms with E-state index < -0.39 is 23.9 Å². The molecule has 1 aromatic carbocycles. The summed E-state index contributed by atoms with van der Waals surface area (Å²) < 4.78 is 13.4. The number of carboxylic acid groups (broad SMARTS) is 1. The average Bonchev–Trinajstić information content (AvgIpc) is 2.32. The van der Waals surface area contributed by atoms with Crippen LogP contribution < -0.4 is 10.6 Å². The van der Waals surface area contributed by atoms with Gasteiger partial charge in [-0.1, -0.05) is 24.9 Å². The first-order chi connectivity index (χ1) is 8.93. The lowest BCUT2D eigenvalue weighted by Crippen LogP contribution is -2.43. The van der Waals surface area contributed by atoms with E-state index in [1.807, 2.05) is 0 Å². The number of hydrogen-bond acceptors (Lipinski definition) is 2. The van der Waals surface area contributed by atoms with Gasteiger partial charge in [-0.25, -0.2) is 14.0 Å². The van der Waals surface area contributed by atoms with Gasteiger partial charge in [0.15, 0.2) is 0 Å². The highest BCUT2D eigenvalue weighted by Crippen LogP contribution is 2.18. The van der Waals surface area contributed by atoms with E-state index in [0.717, 1.165) is 6.07 Å². The van der Waals surface area contributed by atoms with E-state index in [0.29, 0.717) is 12.8 Å². The molecule has 0 aromatic heterocycles. The molecule has 1 unspecified atom stereocenters. The maximum Gasteiger partial charge on any atom is 0.326 e. The van der Waals surface area contributed by atoms with Crippen LogP contribution in [0.1, 0.15) is 19.8 Å². The highest BCUT2D eigenvalue weighted by molar-refractivity contribution is 6.30. The van der Waals surface area contributed by atoms with Gasteiger partial charge in [-0.05, 0) is 24.6 Å². The molecule has 2 amide bonds. The molecule has 0 aliphatic heterocycles. The Morgan fingerprint density at radius 3 is 2.68 bits per heavy atom. The summed E-state index contributed by atoms with van der Waals surface area (Å²) in [6, 6.07) is 1.99.